The van der Waals surface area contributed by atoms with E-state index in [9.17, 15) is 9.59 Å². The standard InChI is InChI=1S/C23H24N2O3/c1-16-9-10-21-19(13-16)14-20(17(2)24-21)23(27)25(12-11-22(26)28-3)15-18-7-5-4-6-8-18/h4-10,13-14H,11-12,15H2,1-3H3. The van der Waals surface area contributed by atoms with Gasteiger partial charge in [-0.3, -0.25) is 14.6 Å². The van der Waals surface area contributed by atoms with E-state index in [4.69, 9.17) is 4.74 Å². The molecule has 1 aromatic heterocycles. The fourth-order valence-electron chi connectivity index (χ4n) is 3.16. The zero-order chi connectivity index (χ0) is 20.1. The fourth-order valence-corrected chi connectivity index (χ4v) is 3.16. The third kappa shape index (κ3) is 4.55. The number of aromatic nitrogens is 1. The molecular formula is C23H24N2O3. The summed E-state index contributed by atoms with van der Waals surface area (Å²) >= 11 is 0. The first-order valence-electron chi connectivity index (χ1n) is 9.26. The summed E-state index contributed by atoms with van der Waals surface area (Å²) in [7, 11) is 1.35. The average molecular weight is 376 g/mol. The predicted octanol–water partition coefficient (Wildman–Crippen LogP) is 4.06. The van der Waals surface area contributed by atoms with E-state index < -0.39 is 0 Å². The van der Waals surface area contributed by atoms with Gasteiger partial charge in [0.2, 0.25) is 0 Å². The highest BCUT2D eigenvalue weighted by Crippen LogP contribution is 2.20. The van der Waals surface area contributed by atoms with Gasteiger partial charge in [-0.25, -0.2) is 0 Å². The van der Waals surface area contributed by atoms with Crippen molar-refractivity contribution in [3.8, 4) is 0 Å². The molecule has 3 aromatic rings. The molecule has 0 spiro atoms. The lowest BCUT2D eigenvalue weighted by Crippen LogP contribution is -2.33. The van der Waals surface area contributed by atoms with E-state index in [1.807, 2.05) is 68.4 Å². The zero-order valence-corrected chi connectivity index (χ0v) is 16.4. The Balaban J connectivity index is 1.93. The first kappa shape index (κ1) is 19.5. The van der Waals surface area contributed by atoms with Crippen molar-refractivity contribution in [3.63, 3.8) is 0 Å². The molecule has 0 N–H and O–H groups in total. The molecule has 1 heterocycles. The molecule has 1 amide bonds. The van der Waals surface area contributed by atoms with Crippen LogP contribution in [-0.2, 0) is 16.1 Å². The molecule has 0 bridgehead atoms. The summed E-state index contributed by atoms with van der Waals surface area (Å²) in [5.41, 5.74) is 4.21. The summed E-state index contributed by atoms with van der Waals surface area (Å²) in [6, 6.07) is 17.6. The first-order chi connectivity index (χ1) is 13.5. The molecular weight excluding hydrogens is 352 g/mol. The number of hydrogen-bond acceptors (Lipinski definition) is 4. The van der Waals surface area contributed by atoms with Crippen LogP contribution in [0.3, 0.4) is 0 Å². The number of esters is 1. The average Bonchev–Trinajstić information content (AvgIpc) is 2.70. The zero-order valence-electron chi connectivity index (χ0n) is 16.4. The maximum absolute atomic E-state index is 13.3. The number of pyridine rings is 1. The molecule has 2 aromatic carbocycles. The fraction of sp³-hybridized carbons (Fsp3) is 0.261. The molecule has 0 aliphatic carbocycles. The SMILES string of the molecule is COC(=O)CCN(Cc1ccccc1)C(=O)c1cc2cc(C)ccc2nc1C. The second kappa shape index (κ2) is 8.65. The number of aryl methyl sites for hydroxylation is 2. The summed E-state index contributed by atoms with van der Waals surface area (Å²) < 4.78 is 4.74. The summed E-state index contributed by atoms with van der Waals surface area (Å²) in [4.78, 5) is 31.2. The van der Waals surface area contributed by atoms with Crippen LogP contribution >= 0.6 is 0 Å². The monoisotopic (exact) mass is 376 g/mol. The van der Waals surface area contributed by atoms with Gasteiger partial charge in [-0.1, -0.05) is 42.0 Å². The van der Waals surface area contributed by atoms with E-state index in [-0.39, 0.29) is 24.8 Å². The van der Waals surface area contributed by atoms with Gasteiger partial charge in [-0.15, -0.1) is 0 Å². The Morgan fingerprint density at radius 2 is 1.79 bits per heavy atom. The van der Waals surface area contributed by atoms with Crippen LogP contribution < -0.4 is 0 Å². The number of ether oxygens (including phenoxy) is 1. The highest BCUT2D eigenvalue weighted by Gasteiger charge is 2.20. The molecule has 0 fully saturated rings. The van der Waals surface area contributed by atoms with Gasteiger partial charge in [0.1, 0.15) is 0 Å². The van der Waals surface area contributed by atoms with Crippen molar-refractivity contribution in [2.75, 3.05) is 13.7 Å². The Hall–Kier alpha value is -3.21. The summed E-state index contributed by atoms with van der Waals surface area (Å²) in [6.45, 7) is 4.56. The lowest BCUT2D eigenvalue weighted by atomic mass is 10.1. The maximum atomic E-state index is 13.3. The minimum atomic E-state index is -0.338. The van der Waals surface area contributed by atoms with Crippen LogP contribution in [0.4, 0.5) is 0 Å². The number of methoxy groups -OCH3 is 1. The van der Waals surface area contributed by atoms with Crippen LogP contribution in [0.25, 0.3) is 10.9 Å². The number of fused-ring (bicyclic) bond motifs is 1. The normalized spacial score (nSPS) is 10.7. The van der Waals surface area contributed by atoms with E-state index in [1.165, 1.54) is 7.11 Å². The Morgan fingerprint density at radius 1 is 1.04 bits per heavy atom. The van der Waals surface area contributed by atoms with Gasteiger partial charge in [0.25, 0.3) is 5.91 Å². The van der Waals surface area contributed by atoms with Gasteiger partial charge >= 0.3 is 5.97 Å². The van der Waals surface area contributed by atoms with E-state index in [0.29, 0.717) is 17.8 Å². The molecule has 0 saturated carbocycles. The third-order valence-electron chi connectivity index (χ3n) is 4.71. The van der Waals surface area contributed by atoms with E-state index in [2.05, 4.69) is 4.98 Å². The lowest BCUT2D eigenvalue weighted by molar-refractivity contribution is -0.140. The Morgan fingerprint density at radius 3 is 2.50 bits per heavy atom. The molecule has 0 aliphatic heterocycles. The Labute approximate surface area is 165 Å². The minimum Gasteiger partial charge on any atom is -0.469 e. The van der Waals surface area contributed by atoms with Crippen LogP contribution in [0.1, 0.15) is 33.6 Å². The molecule has 0 atom stereocenters. The van der Waals surface area contributed by atoms with E-state index in [1.54, 1.807) is 4.90 Å². The molecule has 5 heteroatoms. The molecule has 0 aliphatic rings. The van der Waals surface area contributed by atoms with Crippen molar-refractivity contribution < 1.29 is 14.3 Å². The van der Waals surface area contributed by atoms with Gasteiger partial charge in [-0.2, -0.15) is 0 Å². The Kier molecular flexibility index (Phi) is 6.04. The highest BCUT2D eigenvalue weighted by molar-refractivity contribution is 5.98. The first-order valence-corrected chi connectivity index (χ1v) is 9.26. The number of carbonyl (C=O) groups is 2. The van der Waals surface area contributed by atoms with E-state index >= 15 is 0 Å². The minimum absolute atomic E-state index is 0.138. The summed E-state index contributed by atoms with van der Waals surface area (Å²) in [6.07, 6.45) is 0.147. The molecule has 5 nitrogen and oxygen atoms in total. The molecule has 0 saturated heterocycles. The van der Waals surface area contributed by atoms with Crippen LogP contribution in [0.5, 0.6) is 0 Å². The van der Waals surface area contributed by atoms with Gasteiger partial charge in [0, 0.05) is 18.5 Å². The molecule has 3 rings (SSSR count). The van der Waals surface area contributed by atoms with Crippen molar-refractivity contribution in [1.29, 1.82) is 0 Å². The van der Waals surface area contributed by atoms with Crippen molar-refractivity contribution in [2.24, 2.45) is 0 Å². The maximum Gasteiger partial charge on any atom is 0.307 e. The molecule has 144 valence electrons. The topological polar surface area (TPSA) is 59.5 Å². The number of hydrogen-bond donors (Lipinski definition) is 0. The summed E-state index contributed by atoms with van der Waals surface area (Å²) in [5.74, 6) is -0.476. The van der Waals surface area contributed by atoms with Gasteiger partial charge in [-0.05, 0) is 37.6 Å². The largest absolute Gasteiger partial charge is 0.469 e. The van der Waals surface area contributed by atoms with Crippen molar-refractivity contribution in [3.05, 3.63) is 77.0 Å². The van der Waals surface area contributed by atoms with Gasteiger partial charge in [0.15, 0.2) is 0 Å². The van der Waals surface area contributed by atoms with Crippen LogP contribution in [0.2, 0.25) is 0 Å². The summed E-state index contributed by atoms with van der Waals surface area (Å²) in [5, 5.41) is 0.932. The molecule has 0 radical (unpaired) electrons. The van der Waals surface area contributed by atoms with E-state index in [0.717, 1.165) is 22.0 Å². The molecule has 0 unspecified atom stereocenters. The smallest absolute Gasteiger partial charge is 0.307 e. The number of nitrogens with zero attached hydrogens (tertiary/aromatic N) is 2. The van der Waals surface area contributed by atoms with Crippen LogP contribution in [0.15, 0.2) is 54.6 Å². The van der Waals surface area contributed by atoms with Gasteiger partial charge in [0.05, 0.1) is 30.3 Å². The number of amides is 1. The van der Waals surface area contributed by atoms with Gasteiger partial charge < -0.3 is 9.64 Å². The second-order valence-electron chi connectivity index (χ2n) is 6.86. The quantitative estimate of drug-likeness (QED) is 0.609. The number of rotatable bonds is 6. The van der Waals surface area contributed by atoms with Crippen LogP contribution in [0, 0.1) is 13.8 Å². The van der Waals surface area contributed by atoms with Crippen LogP contribution in [-0.4, -0.2) is 35.4 Å². The number of carbonyl (C=O) groups excluding carboxylic acids is 2. The lowest BCUT2D eigenvalue weighted by Gasteiger charge is -2.23. The van der Waals surface area contributed by atoms with Crippen molar-refractivity contribution in [2.45, 2.75) is 26.8 Å². The van der Waals surface area contributed by atoms with Crippen molar-refractivity contribution >= 4 is 22.8 Å². The predicted molar refractivity (Wildman–Crippen MR) is 109 cm³/mol. The second-order valence-corrected chi connectivity index (χ2v) is 6.86. The number of benzene rings is 2. The third-order valence-corrected chi connectivity index (χ3v) is 4.71. The Bertz CT molecular complexity index is 999. The van der Waals surface area contributed by atoms with Crippen molar-refractivity contribution in [1.82, 2.24) is 9.88 Å². The molecule has 28 heavy (non-hydrogen) atoms. The highest BCUT2D eigenvalue weighted by atomic mass is 16.5.